The van der Waals surface area contributed by atoms with Crippen molar-refractivity contribution >= 4 is 22.8 Å². The van der Waals surface area contributed by atoms with Crippen LogP contribution in [-0.4, -0.2) is 30.5 Å². The number of carbonyl (C=O) groups is 1. The molecule has 0 saturated carbocycles. The van der Waals surface area contributed by atoms with Gasteiger partial charge in [-0.15, -0.1) is 5.10 Å². The van der Waals surface area contributed by atoms with Crippen LogP contribution >= 0.6 is 0 Å². The minimum absolute atomic E-state index is 0.0213. The van der Waals surface area contributed by atoms with Crippen LogP contribution in [0.15, 0.2) is 53.6 Å². The first-order chi connectivity index (χ1) is 14.4. The van der Waals surface area contributed by atoms with E-state index in [1.54, 1.807) is 18.2 Å². The molecule has 0 aliphatic carbocycles. The number of hydrogen-bond donors (Lipinski definition) is 1. The van der Waals surface area contributed by atoms with Gasteiger partial charge in [0.2, 0.25) is 5.91 Å². The van der Waals surface area contributed by atoms with E-state index >= 15 is 0 Å². The van der Waals surface area contributed by atoms with Crippen LogP contribution < -0.4 is 10.9 Å². The van der Waals surface area contributed by atoms with Gasteiger partial charge in [0.1, 0.15) is 18.7 Å². The van der Waals surface area contributed by atoms with Gasteiger partial charge in [0.25, 0.3) is 5.56 Å². The number of hydrogen-bond acceptors (Lipinski definition) is 5. The maximum absolute atomic E-state index is 13.9. The van der Waals surface area contributed by atoms with Crippen molar-refractivity contribution < 1.29 is 9.18 Å². The molecule has 1 N–H and O–H groups in total. The van der Waals surface area contributed by atoms with Crippen molar-refractivity contribution in [3.05, 3.63) is 81.7 Å². The van der Waals surface area contributed by atoms with Crippen LogP contribution in [0.2, 0.25) is 0 Å². The van der Waals surface area contributed by atoms with Gasteiger partial charge in [0.15, 0.2) is 11.2 Å². The van der Waals surface area contributed by atoms with Gasteiger partial charge < -0.3 is 5.32 Å². The smallest absolute Gasteiger partial charge is 0.283 e. The SMILES string of the molecule is Cc1cc(C)cc(NC(=O)Cn2cnc3c(nnn3Cc3ccccc3F)c2=O)c1. The molecule has 0 unspecified atom stereocenters. The summed E-state index contributed by atoms with van der Waals surface area (Å²) in [7, 11) is 0. The van der Waals surface area contributed by atoms with Crippen LogP contribution in [0.4, 0.5) is 10.1 Å². The molecule has 0 bridgehead atoms. The molecule has 0 fully saturated rings. The van der Waals surface area contributed by atoms with E-state index in [1.807, 2.05) is 32.0 Å². The van der Waals surface area contributed by atoms with Crippen molar-refractivity contribution in [3.63, 3.8) is 0 Å². The summed E-state index contributed by atoms with van der Waals surface area (Å²) in [5.41, 5.74) is 2.88. The van der Waals surface area contributed by atoms with Gasteiger partial charge in [-0.25, -0.2) is 14.1 Å². The molecule has 8 nitrogen and oxygen atoms in total. The summed E-state index contributed by atoms with van der Waals surface area (Å²) in [5.74, 6) is -0.737. The van der Waals surface area contributed by atoms with Crippen molar-refractivity contribution in [1.82, 2.24) is 24.5 Å². The van der Waals surface area contributed by atoms with E-state index in [2.05, 4.69) is 20.6 Å². The molecule has 1 amide bonds. The number of nitrogens with zero attached hydrogens (tertiary/aromatic N) is 5. The number of aryl methyl sites for hydroxylation is 2. The molecule has 0 aliphatic heterocycles. The van der Waals surface area contributed by atoms with E-state index < -0.39 is 5.56 Å². The molecular weight excluding hydrogens is 387 g/mol. The zero-order valence-electron chi connectivity index (χ0n) is 16.5. The molecule has 2 aromatic carbocycles. The van der Waals surface area contributed by atoms with E-state index in [0.717, 1.165) is 11.1 Å². The van der Waals surface area contributed by atoms with Crippen molar-refractivity contribution in [2.45, 2.75) is 26.9 Å². The van der Waals surface area contributed by atoms with Crippen molar-refractivity contribution in [2.24, 2.45) is 0 Å². The van der Waals surface area contributed by atoms with E-state index in [-0.39, 0.29) is 36.0 Å². The summed E-state index contributed by atoms with van der Waals surface area (Å²) in [4.78, 5) is 29.3. The predicted molar refractivity (Wildman–Crippen MR) is 110 cm³/mol. The van der Waals surface area contributed by atoms with E-state index in [1.165, 1.54) is 21.6 Å². The lowest BCUT2D eigenvalue weighted by Crippen LogP contribution is -2.28. The molecule has 30 heavy (non-hydrogen) atoms. The molecule has 2 heterocycles. The number of halogens is 1. The van der Waals surface area contributed by atoms with Gasteiger partial charge in [-0.1, -0.05) is 29.5 Å². The van der Waals surface area contributed by atoms with E-state index in [9.17, 15) is 14.0 Å². The molecule has 0 radical (unpaired) electrons. The van der Waals surface area contributed by atoms with Crippen molar-refractivity contribution in [3.8, 4) is 0 Å². The summed E-state index contributed by atoms with van der Waals surface area (Å²) >= 11 is 0. The Labute approximate surface area is 171 Å². The molecule has 4 aromatic rings. The van der Waals surface area contributed by atoms with E-state index in [4.69, 9.17) is 0 Å². The third-order valence-corrected chi connectivity index (χ3v) is 4.59. The summed E-state index contributed by atoms with van der Waals surface area (Å²) in [5, 5.41) is 10.6. The second-order valence-electron chi connectivity index (χ2n) is 7.11. The Kier molecular flexibility index (Phi) is 5.09. The quantitative estimate of drug-likeness (QED) is 0.549. The first-order valence-electron chi connectivity index (χ1n) is 9.31. The number of carbonyl (C=O) groups excluding carboxylic acids is 1. The molecular formula is C21H19FN6O2. The van der Waals surface area contributed by atoms with Gasteiger partial charge in [0.05, 0.1) is 6.54 Å². The average Bonchev–Trinajstić information content (AvgIpc) is 3.08. The summed E-state index contributed by atoms with van der Waals surface area (Å²) in [6.07, 6.45) is 1.27. The van der Waals surface area contributed by atoms with Crippen LogP contribution in [-0.2, 0) is 17.9 Å². The average molecular weight is 406 g/mol. The molecule has 0 aliphatic rings. The third-order valence-electron chi connectivity index (χ3n) is 4.59. The highest BCUT2D eigenvalue weighted by atomic mass is 19.1. The topological polar surface area (TPSA) is 94.7 Å². The van der Waals surface area contributed by atoms with Crippen LogP contribution in [0.3, 0.4) is 0 Å². The number of aromatic nitrogens is 5. The Hall–Kier alpha value is -3.88. The molecule has 152 valence electrons. The summed E-state index contributed by atoms with van der Waals surface area (Å²) in [6.45, 7) is 3.76. The van der Waals surface area contributed by atoms with Crippen molar-refractivity contribution in [1.29, 1.82) is 0 Å². The van der Waals surface area contributed by atoms with Crippen LogP contribution in [0, 0.1) is 19.7 Å². The fourth-order valence-corrected chi connectivity index (χ4v) is 3.30. The zero-order valence-corrected chi connectivity index (χ0v) is 16.5. The second kappa shape index (κ2) is 7.86. The normalized spacial score (nSPS) is 11.0. The Bertz CT molecular complexity index is 1290. The van der Waals surface area contributed by atoms with Crippen LogP contribution in [0.1, 0.15) is 16.7 Å². The first-order valence-corrected chi connectivity index (χ1v) is 9.31. The van der Waals surface area contributed by atoms with Gasteiger partial charge in [0, 0.05) is 11.3 Å². The fraction of sp³-hybridized carbons (Fsp3) is 0.190. The second-order valence-corrected chi connectivity index (χ2v) is 7.11. The molecule has 0 saturated heterocycles. The van der Waals surface area contributed by atoms with Gasteiger partial charge in [-0.3, -0.25) is 14.2 Å². The van der Waals surface area contributed by atoms with Gasteiger partial charge in [-0.05, 0) is 43.2 Å². The lowest BCUT2D eigenvalue weighted by Gasteiger charge is -2.09. The molecule has 0 spiro atoms. The van der Waals surface area contributed by atoms with Gasteiger partial charge in [-0.2, -0.15) is 0 Å². The fourth-order valence-electron chi connectivity index (χ4n) is 3.30. The molecule has 9 heteroatoms. The number of fused-ring (bicyclic) bond motifs is 1. The Morgan fingerprint density at radius 3 is 2.60 bits per heavy atom. The molecule has 4 rings (SSSR count). The Morgan fingerprint density at radius 2 is 1.87 bits per heavy atom. The number of anilines is 1. The van der Waals surface area contributed by atoms with Crippen molar-refractivity contribution in [2.75, 3.05) is 5.32 Å². The molecule has 2 aromatic heterocycles. The zero-order chi connectivity index (χ0) is 21.3. The Morgan fingerprint density at radius 1 is 1.13 bits per heavy atom. The predicted octanol–water partition coefficient (Wildman–Crippen LogP) is 2.43. The first kappa shape index (κ1) is 19.4. The highest BCUT2D eigenvalue weighted by Gasteiger charge is 2.15. The maximum Gasteiger partial charge on any atom is 0.283 e. The van der Waals surface area contributed by atoms with Crippen LogP contribution in [0.25, 0.3) is 11.2 Å². The Balaban J connectivity index is 1.56. The minimum Gasteiger partial charge on any atom is -0.325 e. The standard InChI is InChI=1S/C21H19FN6O2/c1-13-7-14(2)9-16(8-13)24-18(29)11-27-12-23-20-19(21(27)30)25-26-28(20)10-15-5-3-4-6-17(15)22/h3-9,12H,10-11H2,1-2H3,(H,24,29). The summed E-state index contributed by atoms with van der Waals surface area (Å²) < 4.78 is 16.4. The van der Waals surface area contributed by atoms with Gasteiger partial charge >= 0.3 is 0 Å². The monoisotopic (exact) mass is 406 g/mol. The highest BCUT2D eigenvalue weighted by Crippen LogP contribution is 2.14. The lowest BCUT2D eigenvalue weighted by molar-refractivity contribution is -0.116. The largest absolute Gasteiger partial charge is 0.325 e. The number of amides is 1. The van der Waals surface area contributed by atoms with Crippen LogP contribution in [0.5, 0.6) is 0 Å². The minimum atomic E-state index is -0.490. The number of rotatable bonds is 5. The third kappa shape index (κ3) is 3.95. The number of nitrogens with one attached hydrogen (secondary N) is 1. The van der Waals surface area contributed by atoms with E-state index in [0.29, 0.717) is 11.3 Å². The summed E-state index contributed by atoms with van der Waals surface area (Å²) in [6, 6.07) is 12.0. The molecule has 0 atom stereocenters. The highest BCUT2D eigenvalue weighted by molar-refractivity contribution is 5.90. The number of benzene rings is 2. The maximum atomic E-state index is 13.9. The lowest BCUT2D eigenvalue weighted by atomic mass is 10.1.